The van der Waals surface area contributed by atoms with E-state index in [4.69, 9.17) is 4.98 Å². The molecule has 1 aromatic carbocycles. The van der Waals surface area contributed by atoms with E-state index in [1.165, 1.54) is 28.1 Å². The molecule has 2 atom stereocenters. The summed E-state index contributed by atoms with van der Waals surface area (Å²) in [5.41, 5.74) is 2.16. The normalized spacial score (nSPS) is 17.3. The highest BCUT2D eigenvalue weighted by molar-refractivity contribution is 7.11. The maximum Gasteiger partial charge on any atom is 0.110 e. The molecule has 0 radical (unpaired) electrons. The monoisotopic (exact) mass is 323 g/mol. The summed E-state index contributed by atoms with van der Waals surface area (Å²) >= 11 is 1.81. The van der Waals surface area contributed by atoms with Crippen LogP contribution in [-0.2, 0) is 0 Å². The van der Waals surface area contributed by atoms with E-state index in [0.717, 1.165) is 17.1 Å². The Hall–Kier alpha value is -1.78. The Morgan fingerprint density at radius 3 is 2.74 bits per heavy atom. The Balaban J connectivity index is 1.58. The van der Waals surface area contributed by atoms with Crippen LogP contribution in [-0.4, -0.2) is 9.97 Å². The predicted molar refractivity (Wildman–Crippen MR) is 95.6 cm³/mol. The fraction of sp³-hybridized carbons (Fsp3) is 0.368. The summed E-state index contributed by atoms with van der Waals surface area (Å²) in [5, 5.41) is 6.19. The summed E-state index contributed by atoms with van der Waals surface area (Å²) in [4.78, 5) is 10.7. The molecule has 0 amide bonds. The van der Waals surface area contributed by atoms with Crippen LogP contribution in [0.25, 0.3) is 10.9 Å². The summed E-state index contributed by atoms with van der Waals surface area (Å²) in [6.07, 6.45) is 4.58. The maximum absolute atomic E-state index is 4.83. The number of pyridine rings is 1. The topological polar surface area (TPSA) is 37.8 Å². The van der Waals surface area contributed by atoms with E-state index >= 15 is 0 Å². The summed E-state index contributed by atoms with van der Waals surface area (Å²) in [6, 6.07) is 13.2. The SMILES string of the molecule is Cc1cnc([C@H](N[C@@H](C)c2ccc3ccccc3n2)C2CC2)s1. The summed E-state index contributed by atoms with van der Waals surface area (Å²) < 4.78 is 0. The van der Waals surface area contributed by atoms with Gasteiger partial charge in [-0.1, -0.05) is 24.3 Å². The molecule has 0 bridgehead atoms. The number of para-hydroxylation sites is 1. The third kappa shape index (κ3) is 3.14. The zero-order chi connectivity index (χ0) is 15.8. The molecule has 0 spiro atoms. The smallest absolute Gasteiger partial charge is 0.110 e. The second-order valence-electron chi connectivity index (χ2n) is 6.44. The first kappa shape index (κ1) is 14.8. The van der Waals surface area contributed by atoms with Crippen LogP contribution in [0.3, 0.4) is 0 Å². The van der Waals surface area contributed by atoms with Gasteiger partial charge in [-0.3, -0.25) is 10.3 Å². The van der Waals surface area contributed by atoms with Crippen LogP contribution in [0.2, 0.25) is 0 Å². The van der Waals surface area contributed by atoms with Gasteiger partial charge in [0.25, 0.3) is 0 Å². The van der Waals surface area contributed by atoms with Gasteiger partial charge >= 0.3 is 0 Å². The van der Waals surface area contributed by atoms with Crippen LogP contribution in [0.1, 0.15) is 47.4 Å². The largest absolute Gasteiger partial charge is 0.300 e. The van der Waals surface area contributed by atoms with Crippen molar-refractivity contribution in [3.8, 4) is 0 Å². The van der Waals surface area contributed by atoms with E-state index in [2.05, 4.69) is 54.5 Å². The van der Waals surface area contributed by atoms with Crippen LogP contribution in [0.4, 0.5) is 0 Å². The van der Waals surface area contributed by atoms with Gasteiger partial charge in [-0.15, -0.1) is 11.3 Å². The Morgan fingerprint density at radius 1 is 1.17 bits per heavy atom. The molecule has 23 heavy (non-hydrogen) atoms. The zero-order valence-electron chi connectivity index (χ0n) is 13.5. The minimum Gasteiger partial charge on any atom is -0.300 e. The van der Waals surface area contributed by atoms with Crippen molar-refractivity contribution in [2.75, 3.05) is 0 Å². The van der Waals surface area contributed by atoms with Crippen molar-refractivity contribution >= 4 is 22.2 Å². The number of nitrogens with zero attached hydrogens (tertiary/aromatic N) is 2. The Labute approximate surface area is 140 Å². The van der Waals surface area contributed by atoms with E-state index in [9.17, 15) is 0 Å². The van der Waals surface area contributed by atoms with Crippen molar-refractivity contribution < 1.29 is 0 Å². The Bertz CT molecular complexity index is 822. The number of hydrogen-bond acceptors (Lipinski definition) is 4. The predicted octanol–water partition coefficient (Wildman–Crippen LogP) is 4.80. The molecule has 0 saturated heterocycles. The molecule has 4 rings (SSSR count). The van der Waals surface area contributed by atoms with Crippen LogP contribution in [0.15, 0.2) is 42.6 Å². The molecule has 3 aromatic rings. The molecule has 1 N–H and O–H groups in total. The lowest BCUT2D eigenvalue weighted by atomic mass is 10.1. The molecule has 2 heterocycles. The molecule has 1 fully saturated rings. The summed E-state index contributed by atoms with van der Waals surface area (Å²) in [7, 11) is 0. The van der Waals surface area contributed by atoms with E-state index in [-0.39, 0.29) is 6.04 Å². The molecule has 2 aromatic heterocycles. The molecular weight excluding hydrogens is 302 g/mol. The van der Waals surface area contributed by atoms with Gasteiger partial charge < -0.3 is 0 Å². The minimum atomic E-state index is 0.217. The first-order valence-electron chi connectivity index (χ1n) is 8.25. The molecule has 1 saturated carbocycles. The van der Waals surface area contributed by atoms with Crippen molar-refractivity contribution in [2.45, 2.75) is 38.8 Å². The van der Waals surface area contributed by atoms with E-state index < -0.39 is 0 Å². The van der Waals surface area contributed by atoms with Crippen LogP contribution in [0.5, 0.6) is 0 Å². The van der Waals surface area contributed by atoms with E-state index in [1.54, 1.807) is 0 Å². The van der Waals surface area contributed by atoms with Crippen molar-refractivity contribution in [1.29, 1.82) is 0 Å². The molecular formula is C19H21N3S. The van der Waals surface area contributed by atoms with Gasteiger partial charge in [0.05, 0.1) is 17.3 Å². The average Bonchev–Trinajstić information content (AvgIpc) is 3.33. The Kier molecular flexibility index (Phi) is 3.87. The molecule has 0 aliphatic heterocycles. The lowest BCUT2D eigenvalue weighted by Crippen LogP contribution is -2.26. The lowest BCUT2D eigenvalue weighted by molar-refractivity contribution is 0.421. The van der Waals surface area contributed by atoms with Crippen LogP contribution >= 0.6 is 11.3 Å². The van der Waals surface area contributed by atoms with Gasteiger partial charge in [0.2, 0.25) is 0 Å². The number of rotatable bonds is 5. The molecule has 3 nitrogen and oxygen atoms in total. The van der Waals surface area contributed by atoms with Gasteiger partial charge in [0, 0.05) is 22.5 Å². The first-order valence-corrected chi connectivity index (χ1v) is 9.06. The van der Waals surface area contributed by atoms with Crippen LogP contribution < -0.4 is 5.32 Å². The van der Waals surface area contributed by atoms with Gasteiger partial charge in [0.1, 0.15) is 5.01 Å². The van der Waals surface area contributed by atoms with Crippen molar-refractivity contribution in [3.05, 3.63) is 58.2 Å². The van der Waals surface area contributed by atoms with Crippen molar-refractivity contribution in [3.63, 3.8) is 0 Å². The number of aryl methyl sites for hydroxylation is 1. The fourth-order valence-corrected chi connectivity index (χ4v) is 3.96. The number of hydrogen-bond donors (Lipinski definition) is 1. The van der Waals surface area contributed by atoms with Crippen molar-refractivity contribution in [2.24, 2.45) is 5.92 Å². The minimum absolute atomic E-state index is 0.217. The first-order chi connectivity index (χ1) is 11.2. The second kappa shape index (κ2) is 6.02. The lowest BCUT2D eigenvalue weighted by Gasteiger charge is -2.21. The molecule has 4 heteroatoms. The Morgan fingerprint density at radius 2 is 2.00 bits per heavy atom. The third-order valence-electron chi connectivity index (χ3n) is 4.49. The maximum atomic E-state index is 4.83. The van der Waals surface area contributed by atoms with Crippen molar-refractivity contribution in [1.82, 2.24) is 15.3 Å². The van der Waals surface area contributed by atoms with E-state index in [0.29, 0.717) is 6.04 Å². The van der Waals surface area contributed by atoms with Crippen LogP contribution in [0, 0.1) is 12.8 Å². The quantitative estimate of drug-likeness (QED) is 0.733. The summed E-state index contributed by atoms with van der Waals surface area (Å²) in [6.45, 7) is 4.33. The highest BCUT2D eigenvalue weighted by atomic mass is 32.1. The van der Waals surface area contributed by atoms with Gasteiger partial charge in [0.15, 0.2) is 0 Å². The van der Waals surface area contributed by atoms with Gasteiger partial charge in [-0.05, 0) is 44.7 Å². The number of benzene rings is 1. The third-order valence-corrected chi connectivity index (χ3v) is 5.49. The average molecular weight is 323 g/mol. The molecule has 118 valence electrons. The molecule has 0 unspecified atom stereocenters. The molecule has 1 aliphatic carbocycles. The fourth-order valence-electron chi connectivity index (χ4n) is 3.03. The van der Waals surface area contributed by atoms with Gasteiger partial charge in [-0.2, -0.15) is 0 Å². The zero-order valence-corrected chi connectivity index (χ0v) is 14.3. The highest BCUT2D eigenvalue weighted by Crippen LogP contribution is 2.43. The summed E-state index contributed by atoms with van der Waals surface area (Å²) in [5.74, 6) is 0.725. The number of aromatic nitrogens is 2. The van der Waals surface area contributed by atoms with E-state index in [1.807, 2.05) is 23.6 Å². The highest BCUT2D eigenvalue weighted by Gasteiger charge is 2.35. The number of nitrogens with one attached hydrogen (secondary N) is 1. The standard InChI is InChI=1S/C19H21N3S/c1-12-11-20-19(23-12)18(15-7-8-15)21-13(2)16-10-9-14-5-3-4-6-17(14)22-16/h3-6,9-11,13,15,18,21H,7-8H2,1-2H3/t13-,18+/m0/s1. The van der Waals surface area contributed by atoms with Gasteiger partial charge in [-0.25, -0.2) is 4.98 Å². The number of fused-ring (bicyclic) bond motifs is 1. The second-order valence-corrected chi connectivity index (χ2v) is 7.71. The molecule has 1 aliphatic rings. The number of thiazole rings is 1.